The van der Waals surface area contributed by atoms with E-state index < -0.39 is 30.3 Å². The van der Waals surface area contributed by atoms with Crippen molar-refractivity contribution in [3.8, 4) is 5.75 Å². The molecule has 2 heterocycles. The Morgan fingerprint density at radius 2 is 1.60 bits per heavy atom. The molecule has 2 aliphatic rings. The molecule has 2 aliphatic heterocycles. The van der Waals surface area contributed by atoms with Gasteiger partial charge in [0.1, 0.15) is 17.5 Å². The number of hydrogen-bond donors (Lipinski definition) is 1. The Morgan fingerprint density at radius 3 is 2.17 bits per heavy atom. The van der Waals surface area contributed by atoms with Crippen molar-refractivity contribution >= 4 is 52.1 Å². The second-order valence-electron chi connectivity index (χ2n) is 12.9. The van der Waals surface area contributed by atoms with Crippen LogP contribution in [0.5, 0.6) is 5.75 Å². The van der Waals surface area contributed by atoms with Gasteiger partial charge in [0.05, 0.1) is 24.0 Å². The molecule has 5 rings (SSSR count). The summed E-state index contributed by atoms with van der Waals surface area (Å²) >= 11 is 6.74. The number of halogens is 1. The second kappa shape index (κ2) is 14.2. The first kappa shape index (κ1) is 34.7. The molecule has 0 aliphatic carbocycles. The van der Waals surface area contributed by atoms with Crippen molar-refractivity contribution in [2.45, 2.75) is 45.2 Å². The highest BCUT2D eigenvalue weighted by Crippen LogP contribution is 2.39. The number of morpholine rings is 1. The van der Waals surface area contributed by atoms with Crippen LogP contribution in [-0.4, -0.2) is 83.0 Å². The van der Waals surface area contributed by atoms with E-state index in [2.05, 4.69) is 49.8 Å². The van der Waals surface area contributed by atoms with Crippen LogP contribution in [0, 0.1) is 0 Å². The number of amides is 2. The number of rotatable bonds is 11. The maximum Gasteiger partial charge on any atom is 0.320 e. The lowest BCUT2D eigenvalue weighted by molar-refractivity contribution is -0.145. The van der Waals surface area contributed by atoms with Gasteiger partial charge >= 0.3 is 8.32 Å². The number of aryl methyl sites for hydroxylation is 1. The standard InChI is InChI=1S/C35H42ClN3O6SSi/c1-26(33(40)38-20-22-44-23-21-38)39-19-17-31(34(39)41)37-46(42,43)24-18-27-15-16-30(36)32(25-27)45-47(35(2,3)4,28-11-7-5-8-12-28)29-13-9-6-10-14-29/h5-17,25-26,37H,18-24H2,1-4H3/t26-/m0/s1. The molecule has 1 saturated heterocycles. The summed E-state index contributed by atoms with van der Waals surface area (Å²) in [5.41, 5.74) is 0.684. The summed E-state index contributed by atoms with van der Waals surface area (Å²) in [7, 11) is -6.87. The Morgan fingerprint density at radius 1 is 1.00 bits per heavy atom. The molecule has 3 aromatic rings. The summed E-state index contributed by atoms with van der Waals surface area (Å²) in [6.45, 7) is 10.2. The fourth-order valence-electron chi connectivity index (χ4n) is 6.18. The van der Waals surface area contributed by atoms with Crippen molar-refractivity contribution in [2.24, 2.45) is 0 Å². The molecule has 12 heteroatoms. The molecule has 1 atom stereocenters. The molecule has 2 amide bonds. The summed E-state index contributed by atoms with van der Waals surface area (Å²) < 4.78 is 41.2. The van der Waals surface area contributed by atoms with E-state index in [0.717, 1.165) is 15.9 Å². The van der Waals surface area contributed by atoms with Crippen LogP contribution in [0.2, 0.25) is 10.1 Å². The van der Waals surface area contributed by atoms with Gasteiger partial charge in [0.2, 0.25) is 15.9 Å². The molecule has 0 aromatic heterocycles. The fraction of sp³-hybridized carbons (Fsp3) is 0.371. The molecule has 0 bridgehead atoms. The largest absolute Gasteiger partial charge is 0.533 e. The zero-order chi connectivity index (χ0) is 33.8. The van der Waals surface area contributed by atoms with Crippen LogP contribution in [0.25, 0.3) is 0 Å². The van der Waals surface area contributed by atoms with Gasteiger partial charge in [-0.3, -0.25) is 14.3 Å². The Labute approximate surface area is 283 Å². The number of hydrogen-bond acceptors (Lipinski definition) is 6. The predicted octanol–water partition coefficient (Wildman–Crippen LogP) is 3.71. The first-order valence-electron chi connectivity index (χ1n) is 15.8. The maximum atomic E-state index is 13.2. The van der Waals surface area contributed by atoms with Crippen LogP contribution in [0.3, 0.4) is 0 Å². The van der Waals surface area contributed by atoms with Crippen molar-refractivity contribution in [1.29, 1.82) is 0 Å². The van der Waals surface area contributed by atoms with Crippen LogP contribution >= 0.6 is 11.6 Å². The molecule has 1 fully saturated rings. The third kappa shape index (κ3) is 7.59. The first-order chi connectivity index (χ1) is 22.3. The van der Waals surface area contributed by atoms with E-state index in [1.807, 2.05) is 42.5 Å². The lowest BCUT2D eigenvalue weighted by atomic mass is 10.2. The molecular formula is C35H42ClN3O6SSi. The van der Waals surface area contributed by atoms with Gasteiger partial charge in [-0.25, -0.2) is 8.42 Å². The zero-order valence-electron chi connectivity index (χ0n) is 27.2. The summed E-state index contributed by atoms with van der Waals surface area (Å²) in [4.78, 5) is 29.1. The highest BCUT2D eigenvalue weighted by Gasteiger charge is 2.52. The summed E-state index contributed by atoms with van der Waals surface area (Å²) in [5, 5.41) is 2.33. The van der Waals surface area contributed by atoms with Crippen LogP contribution < -0.4 is 19.5 Å². The highest BCUT2D eigenvalue weighted by molar-refractivity contribution is 7.89. The van der Waals surface area contributed by atoms with Crippen LogP contribution in [0.1, 0.15) is 33.3 Å². The van der Waals surface area contributed by atoms with E-state index in [1.54, 1.807) is 24.0 Å². The number of nitrogens with zero attached hydrogens (tertiary/aromatic N) is 2. The molecule has 0 spiro atoms. The van der Waals surface area contributed by atoms with Crippen molar-refractivity contribution in [1.82, 2.24) is 14.5 Å². The number of carbonyl (C=O) groups excluding carboxylic acids is 2. The molecule has 0 unspecified atom stereocenters. The fourth-order valence-corrected chi connectivity index (χ4v) is 11.9. The summed E-state index contributed by atoms with van der Waals surface area (Å²) in [6.07, 6.45) is 1.68. The van der Waals surface area contributed by atoms with E-state index in [4.69, 9.17) is 20.8 Å². The topological polar surface area (TPSA) is 105 Å². The monoisotopic (exact) mass is 695 g/mol. The average Bonchev–Trinajstić information content (AvgIpc) is 3.42. The van der Waals surface area contributed by atoms with Crippen LogP contribution in [0.4, 0.5) is 0 Å². The van der Waals surface area contributed by atoms with E-state index in [0.29, 0.717) is 37.1 Å². The Kier molecular flexibility index (Phi) is 10.5. The molecule has 250 valence electrons. The van der Waals surface area contributed by atoms with E-state index in [-0.39, 0.29) is 35.4 Å². The van der Waals surface area contributed by atoms with Gasteiger partial charge in [0.25, 0.3) is 5.91 Å². The van der Waals surface area contributed by atoms with Gasteiger partial charge in [-0.15, -0.1) is 0 Å². The Hall–Kier alpha value is -3.64. The maximum absolute atomic E-state index is 13.2. The van der Waals surface area contributed by atoms with Gasteiger partial charge in [-0.2, -0.15) is 0 Å². The van der Waals surface area contributed by atoms with Gasteiger partial charge in [0, 0.05) is 19.6 Å². The minimum absolute atomic E-state index is 0.0431. The van der Waals surface area contributed by atoms with Gasteiger partial charge in [-0.05, 0) is 52.5 Å². The average molecular weight is 696 g/mol. The predicted molar refractivity (Wildman–Crippen MR) is 187 cm³/mol. The minimum atomic E-state index is -3.90. The molecule has 1 N–H and O–H groups in total. The second-order valence-corrected chi connectivity index (χ2v) is 19.4. The number of nitrogens with one attached hydrogen (secondary N) is 1. The Bertz CT molecular complexity index is 1690. The lowest BCUT2D eigenvalue weighted by Crippen LogP contribution is -2.68. The number of ether oxygens (including phenoxy) is 1. The SMILES string of the molecule is C[C@@H](C(=O)N1CCOCC1)N1CC=C(NS(=O)(=O)CCc2ccc(Cl)c(O[Si](c3ccccc3)(c3ccccc3)C(C)(C)C)c2)C1=O. The van der Waals surface area contributed by atoms with Crippen molar-refractivity contribution in [3.63, 3.8) is 0 Å². The molecule has 0 radical (unpaired) electrons. The van der Waals surface area contributed by atoms with E-state index >= 15 is 0 Å². The molecule has 47 heavy (non-hydrogen) atoms. The van der Waals surface area contributed by atoms with Crippen molar-refractivity contribution < 1.29 is 27.2 Å². The molecule has 3 aromatic carbocycles. The smallest absolute Gasteiger partial charge is 0.320 e. The summed E-state index contributed by atoms with van der Waals surface area (Å²) in [6, 6.07) is 25.0. The van der Waals surface area contributed by atoms with Crippen LogP contribution in [0.15, 0.2) is 90.6 Å². The van der Waals surface area contributed by atoms with Crippen molar-refractivity contribution in [3.05, 3.63) is 101 Å². The van der Waals surface area contributed by atoms with Gasteiger partial charge < -0.3 is 19.0 Å². The van der Waals surface area contributed by atoms with Crippen molar-refractivity contribution in [2.75, 3.05) is 38.6 Å². The van der Waals surface area contributed by atoms with Gasteiger partial charge in [0.15, 0.2) is 0 Å². The van der Waals surface area contributed by atoms with Crippen LogP contribution in [-0.2, 0) is 30.8 Å². The minimum Gasteiger partial charge on any atom is -0.533 e. The summed E-state index contributed by atoms with van der Waals surface area (Å²) in [5.74, 6) is -0.472. The van der Waals surface area contributed by atoms with E-state index in [9.17, 15) is 18.0 Å². The zero-order valence-corrected chi connectivity index (χ0v) is 29.8. The number of carbonyl (C=O) groups is 2. The molecule has 9 nitrogen and oxygen atoms in total. The quantitative estimate of drug-likeness (QED) is 0.307. The molecular weight excluding hydrogens is 654 g/mol. The first-order valence-corrected chi connectivity index (χ1v) is 19.7. The molecule has 0 saturated carbocycles. The number of benzene rings is 3. The van der Waals surface area contributed by atoms with Gasteiger partial charge in [-0.1, -0.05) is 99.1 Å². The lowest BCUT2D eigenvalue weighted by Gasteiger charge is -2.43. The number of sulfonamides is 1. The third-order valence-electron chi connectivity index (χ3n) is 8.73. The highest BCUT2D eigenvalue weighted by atomic mass is 35.5. The third-order valence-corrected chi connectivity index (χ3v) is 15.2. The Balaban J connectivity index is 1.31. The van der Waals surface area contributed by atoms with E-state index in [1.165, 1.54) is 11.0 Å². The normalized spacial score (nSPS) is 16.5.